The van der Waals surface area contributed by atoms with Gasteiger partial charge in [0.25, 0.3) is 0 Å². The summed E-state index contributed by atoms with van der Waals surface area (Å²) in [5.41, 5.74) is 2.90. The third-order valence-electron chi connectivity index (χ3n) is 2.08. The molecule has 0 aliphatic rings. The molecule has 1 N–H and O–H groups in total. The Morgan fingerprint density at radius 2 is 2.21 bits per heavy atom. The zero-order valence-electron chi connectivity index (χ0n) is 7.82. The lowest BCUT2D eigenvalue weighted by Gasteiger charge is -2.03. The molecule has 0 aliphatic heterocycles. The van der Waals surface area contributed by atoms with Gasteiger partial charge in [-0.3, -0.25) is 9.78 Å². The van der Waals surface area contributed by atoms with E-state index in [-0.39, 0.29) is 5.43 Å². The van der Waals surface area contributed by atoms with E-state index in [2.05, 4.69) is 9.97 Å². The quantitative estimate of drug-likeness (QED) is 0.737. The number of aromatic amines is 1. The Hall–Kier alpha value is -1.90. The summed E-state index contributed by atoms with van der Waals surface area (Å²) in [6.45, 7) is 1.97. The van der Waals surface area contributed by atoms with Crippen LogP contribution in [0.25, 0.3) is 11.3 Å². The molecule has 0 fully saturated rings. The van der Waals surface area contributed by atoms with Crippen LogP contribution in [0, 0.1) is 6.92 Å². The highest BCUT2D eigenvalue weighted by Gasteiger charge is 2.00. The molecule has 0 bridgehead atoms. The lowest BCUT2D eigenvalue weighted by molar-refractivity contribution is 1.23. The van der Waals surface area contributed by atoms with E-state index in [1.165, 1.54) is 6.07 Å². The monoisotopic (exact) mass is 186 g/mol. The number of H-pyrrole nitrogens is 1. The van der Waals surface area contributed by atoms with Crippen LogP contribution in [0.1, 0.15) is 5.56 Å². The van der Waals surface area contributed by atoms with Gasteiger partial charge in [0.2, 0.25) is 0 Å². The minimum absolute atomic E-state index is 0.00922. The molecule has 2 rings (SSSR count). The van der Waals surface area contributed by atoms with Crippen molar-refractivity contribution in [3.63, 3.8) is 0 Å². The molecule has 0 atom stereocenters. The predicted molar refractivity (Wildman–Crippen MR) is 55.0 cm³/mol. The number of aromatic nitrogens is 2. The summed E-state index contributed by atoms with van der Waals surface area (Å²) in [5.74, 6) is 0. The Kier molecular flexibility index (Phi) is 2.14. The number of hydrogen-bond donors (Lipinski definition) is 1. The third kappa shape index (κ3) is 1.57. The minimum Gasteiger partial charge on any atom is -0.361 e. The van der Waals surface area contributed by atoms with Crippen LogP contribution in [-0.2, 0) is 0 Å². The van der Waals surface area contributed by atoms with Crippen molar-refractivity contribution in [1.29, 1.82) is 0 Å². The molecule has 0 unspecified atom stereocenters. The van der Waals surface area contributed by atoms with Crippen LogP contribution >= 0.6 is 0 Å². The number of pyridine rings is 2. The summed E-state index contributed by atoms with van der Waals surface area (Å²) in [5, 5.41) is 0. The first-order valence-corrected chi connectivity index (χ1v) is 4.37. The average Bonchev–Trinajstić information content (AvgIpc) is 2.18. The van der Waals surface area contributed by atoms with Crippen molar-refractivity contribution in [1.82, 2.24) is 9.97 Å². The van der Waals surface area contributed by atoms with E-state index in [1.54, 1.807) is 24.7 Å². The first-order chi connectivity index (χ1) is 6.77. The van der Waals surface area contributed by atoms with Gasteiger partial charge in [-0.1, -0.05) is 0 Å². The maximum absolute atomic E-state index is 11.1. The first kappa shape index (κ1) is 8.69. The molecule has 3 nitrogen and oxygen atoms in total. The number of nitrogens with zero attached hydrogens (tertiary/aromatic N) is 1. The van der Waals surface area contributed by atoms with E-state index < -0.39 is 0 Å². The first-order valence-electron chi connectivity index (χ1n) is 4.37. The van der Waals surface area contributed by atoms with Gasteiger partial charge < -0.3 is 4.98 Å². The molecule has 0 spiro atoms. The Bertz CT molecular complexity index is 502. The molecular weight excluding hydrogens is 176 g/mol. The highest BCUT2D eigenvalue weighted by molar-refractivity contribution is 5.61. The predicted octanol–water partition coefficient (Wildman–Crippen LogP) is 1.75. The molecule has 2 heterocycles. The summed E-state index contributed by atoms with van der Waals surface area (Å²) >= 11 is 0. The molecular formula is C11H10N2O. The summed E-state index contributed by atoms with van der Waals surface area (Å²) in [6.07, 6.45) is 5.14. The summed E-state index contributed by atoms with van der Waals surface area (Å²) in [4.78, 5) is 18.2. The topological polar surface area (TPSA) is 45.8 Å². The van der Waals surface area contributed by atoms with E-state index in [0.29, 0.717) is 0 Å². The van der Waals surface area contributed by atoms with Gasteiger partial charge in [0.15, 0.2) is 5.43 Å². The third-order valence-corrected chi connectivity index (χ3v) is 2.08. The average molecular weight is 186 g/mol. The van der Waals surface area contributed by atoms with Crippen molar-refractivity contribution < 1.29 is 0 Å². The standard InChI is InChI=1S/C11H10N2O/c1-8-7-12-4-3-10(8)11-6-9(14)2-5-13-11/h2-7H,1H3,(H,13,14). The van der Waals surface area contributed by atoms with Crippen LogP contribution in [0.3, 0.4) is 0 Å². The number of rotatable bonds is 1. The van der Waals surface area contributed by atoms with E-state index in [9.17, 15) is 4.79 Å². The maximum Gasteiger partial charge on any atom is 0.182 e. The molecule has 0 saturated carbocycles. The Labute approximate surface area is 81.5 Å². The molecule has 2 aromatic rings. The number of hydrogen-bond acceptors (Lipinski definition) is 2. The van der Waals surface area contributed by atoms with Crippen molar-refractivity contribution in [3.05, 3.63) is 52.6 Å². The molecule has 2 aromatic heterocycles. The lowest BCUT2D eigenvalue weighted by Crippen LogP contribution is -1.98. The van der Waals surface area contributed by atoms with Crippen LogP contribution in [0.4, 0.5) is 0 Å². The smallest absolute Gasteiger partial charge is 0.182 e. The minimum atomic E-state index is 0.00922. The van der Waals surface area contributed by atoms with E-state index in [0.717, 1.165) is 16.8 Å². The number of aryl methyl sites for hydroxylation is 1. The van der Waals surface area contributed by atoms with Gasteiger partial charge in [0.1, 0.15) is 0 Å². The largest absolute Gasteiger partial charge is 0.361 e. The molecule has 0 aromatic carbocycles. The highest BCUT2D eigenvalue weighted by Crippen LogP contribution is 2.17. The van der Waals surface area contributed by atoms with Crippen molar-refractivity contribution in [3.8, 4) is 11.3 Å². The SMILES string of the molecule is Cc1cnccc1-c1cc(=O)cc[nH]1. The Morgan fingerprint density at radius 1 is 1.36 bits per heavy atom. The fourth-order valence-electron chi connectivity index (χ4n) is 1.38. The summed E-state index contributed by atoms with van der Waals surface area (Å²) in [6, 6.07) is 4.98. The van der Waals surface area contributed by atoms with Gasteiger partial charge in [-0.2, -0.15) is 0 Å². The van der Waals surface area contributed by atoms with Crippen LogP contribution in [0.15, 0.2) is 41.6 Å². The zero-order chi connectivity index (χ0) is 9.97. The van der Waals surface area contributed by atoms with Gasteiger partial charge in [-0.25, -0.2) is 0 Å². The molecule has 3 heteroatoms. The lowest BCUT2D eigenvalue weighted by atomic mass is 10.1. The second-order valence-corrected chi connectivity index (χ2v) is 3.13. The molecule has 0 radical (unpaired) electrons. The van der Waals surface area contributed by atoms with Crippen LogP contribution in [0.5, 0.6) is 0 Å². The molecule has 0 aliphatic carbocycles. The van der Waals surface area contributed by atoms with Gasteiger partial charge in [-0.15, -0.1) is 0 Å². The fourth-order valence-corrected chi connectivity index (χ4v) is 1.38. The Morgan fingerprint density at radius 3 is 2.93 bits per heavy atom. The van der Waals surface area contributed by atoms with Crippen LogP contribution in [-0.4, -0.2) is 9.97 Å². The molecule has 0 saturated heterocycles. The van der Waals surface area contributed by atoms with Crippen LogP contribution < -0.4 is 5.43 Å². The second-order valence-electron chi connectivity index (χ2n) is 3.13. The van der Waals surface area contributed by atoms with Gasteiger partial charge in [-0.05, 0) is 18.6 Å². The maximum atomic E-state index is 11.1. The molecule has 14 heavy (non-hydrogen) atoms. The fraction of sp³-hybridized carbons (Fsp3) is 0.0909. The Balaban J connectivity index is 2.61. The summed E-state index contributed by atoms with van der Waals surface area (Å²) in [7, 11) is 0. The molecule has 0 amide bonds. The van der Waals surface area contributed by atoms with Gasteiger partial charge in [0.05, 0.1) is 0 Å². The zero-order valence-corrected chi connectivity index (χ0v) is 7.82. The van der Waals surface area contributed by atoms with Crippen molar-refractivity contribution in [2.24, 2.45) is 0 Å². The second kappa shape index (κ2) is 3.46. The van der Waals surface area contributed by atoms with Crippen molar-refractivity contribution in [2.75, 3.05) is 0 Å². The van der Waals surface area contributed by atoms with Gasteiger partial charge in [0, 0.05) is 42.0 Å². The van der Waals surface area contributed by atoms with Crippen LogP contribution in [0.2, 0.25) is 0 Å². The normalized spacial score (nSPS) is 10.1. The van der Waals surface area contributed by atoms with Gasteiger partial charge >= 0.3 is 0 Å². The van der Waals surface area contributed by atoms with E-state index in [1.807, 2.05) is 13.0 Å². The van der Waals surface area contributed by atoms with Crippen molar-refractivity contribution in [2.45, 2.75) is 6.92 Å². The summed E-state index contributed by atoms with van der Waals surface area (Å²) < 4.78 is 0. The number of nitrogens with one attached hydrogen (secondary N) is 1. The molecule has 70 valence electrons. The van der Waals surface area contributed by atoms with E-state index >= 15 is 0 Å². The van der Waals surface area contributed by atoms with Crippen molar-refractivity contribution >= 4 is 0 Å². The van der Waals surface area contributed by atoms with E-state index in [4.69, 9.17) is 0 Å². The highest BCUT2D eigenvalue weighted by atomic mass is 16.1.